The van der Waals surface area contributed by atoms with Crippen LogP contribution in [0.3, 0.4) is 0 Å². The lowest BCUT2D eigenvalue weighted by Crippen LogP contribution is -2.38. The first-order valence-electron chi connectivity index (χ1n) is 5.73. The SMILES string of the molecule is CCOC(=O)C12CC1C(=N)c1ccccc1O2.O. The van der Waals surface area contributed by atoms with Crippen LogP contribution in [-0.2, 0) is 9.53 Å². The second kappa shape index (κ2) is 4.10. The van der Waals surface area contributed by atoms with Crippen molar-refractivity contribution in [2.75, 3.05) is 6.61 Å². The van der Waals surface area contributed by atoms with Crippen molar-refractivity contribution in [3.8, 4) is 5.75 Å². The molecule has 5 heteroatoms. The van der Waals surface area contributed by atoms with Crippen LogP contribution in [0.15, 0.2) is 24.3 Å². The number of para-hydroxylation sites is 1. The summed E-state index contributed by atoms with van der Waals surface area (Å²) in [5.41, 5.74) is 0.358. The van der Waals surface area contributed by atoms with E-state index < -0.39 is 5.60 Å². The van der Waals surface area contributed by atoms with E-state index in [4.69, 9.17) is 14.9 Å². The van der Waals surface area contributed by atoms with Crippen molar-refractivity contribution in [2.45, 2.75) is 18.9 Å². The summed E-state index contributed by atoms with van der Waals surface area (Å²) >= 11 is 0. The fourth-order valence-corrected chi connectivity index (χ4v) is 2.37. The van der Waals surface area contributed by atoms with Crippen molar-refractivity contribution >= 4 is 11.7 Å². The third kappa shape index (κ3) is 1.51. The molecule has 1 fully saturated rings. The number of ether oxygens (including phenoxy) is 2. The lowest BCUT2D eigenvalue weighted by molar-refractivity contribution is -0.154. The summed E-state index contributed by atoms with van der Waals surface area (Å²) in [6.07, 6.45) is 0.555. The number of carbonyl (C=O) groups excluding carboxylic acids is 1. The Hall–Kier alpha value is -1.88. The van der Waals surface area contributed by atoms with Gasteiger partial charge in [0.05, 0.1) is 18.2 Å². The quantitative estimate of drug-likeness (QED) is 0.791. The van der Waals surface area contributed by atoms with Gasteiger partial charge < -0.3 is 20.4 Å². The van der Waals surface area contributed by atoms with E-state index in [1.54, 1.807) is 13.0 Å². The van der Waals surface area contributed by atoms with Crippen molar-refractivity contribution in [2.24, 2.45) is 5.92 Å². The van der Waals surface area contributed by atoms with Gasteiger partial charge >= 0.3 is 5.97 Å². The number of hydrogen-bond donors (Lipinski definition) is 1. The molecule has 2 aliphatic rings. The third-order valence-corrected chi connectivity index (χ3v) is 3.35. The number of nitrogens with one attached hydrogen (secondary N) is 1. The lowest BCUT2D eigenvalue weighted by atomic mass is 10.00. The van der Waals surface area contributed by atoms with Gasteiger partial charge in [-0.3, -0.25) is 0 Å². The smallest absolute Gasteiger partial charge is 0.351 e. The number of carbonyl (C=O) groups is 1. The molecule has 5 nitrogen and oxygen atoms in total. The Bertz CT molecular complexity index is 513. The van der Waals surface area contributed by atoms with Crippen LogP contribution >= 0.6 is 0 Å². The zero-order valence-electron chi connectivity index (χ0n) is 10.0. The van der Waals surface area contributed by atoms with Crippen molar-refractivity contribution in [1.29, 1.82) is 5.41 Å². The molecule has 0 spiro atoms. The maximum absolute atomic E-state index is 11.9. The molecule has 1 heterocycles. The number of hydrogen-bond acceptors (Lipinski definition) is 4. The van der Waals surface area contributed by atoms with E-state index in [9.17, 15) is 4.79 Å². The van der Waals surface area contributed by atoms with E-state index in [0.717, 1.165) is 5.56 Å². The van der Waals surface area contributed by atoms with E-state index in [-0.39, 0.29) is 17.4 Å². The van der Waals surface area contributed by atoms with E-state index >= 15 is 0 Å². The molecule has 1 saturated carbocycles. The maximum Gasteiger partial charge on any atom is 0.351 e. The van der Waals surface area contributed by atoms with Gasteiger partial charge in [-0.2, -0.15) is 0 Å². The Morgan fingerprint density at radius 1 is 1.56 bits per heavy atom. The molecule has 3 N–H and O–H groups in total. The first-order chi connectivity index (χ1) is 8.19. The second-order valence-electron chi connectivity index (χ2n) is 4.38. The highest BCUT2D eigenvalue weighted by Crippen LogP contribution is 2.54. The van der Waals surface area contributed by atoms with E-state index in [2.05, 4.69) is 0 Å². The predicted octanol–water partition coefficient (Wildman–Crippen LogP) is 0.944. The summed E-state index contributed by atoms with van der Waals surface area (Å²) in [5, 5.41) is 8.08. The minimum atomic E-state index is -0.915. The van der Waals surface area contributed by atoms with Gasteiger partial charge in [-0.1, -0.05) is 12.1 Å². The average Bonchev–Trinajstić information content (AvgIpc) is 3.06. The predicted molar refractivity (Wildman–Crippen MR) is 65.0 cm³/mol. The van der Waals surface area contributed by atoms with Crippen molar-refractivity contribution in [3.63, 3.8) is 0 Å². The van der Waals surface area contributed by atoms with Crippen LogP contribution in [0.25, 0.3) is 0 Å². The minimum absolute atomic E-state index is 0. The fraction of sp³-hybridized carbons (Fsp3) is 0.385. The third-order valence-electron chi connectivity index (χ3n) is 3.35. The van der Waals surface area contributed by atoms with E-state index in [1.807, 2.05) is 18.2 Å². The first-order valence-corrected chi connectivity index (χ1v) is 5.73. The fourth-order valence-electron chi connectivity index (χ4n) is 2.37. The normalized spacial score (nSPS) is 27.2. The molecule has 18 heavy (non-hydrogen) atoms. The van der Waals surface area contributed by atoms with Gasteiger partial charge in [0.15, 0.2) is 0 Å². The maximum atomic E-state index is 11.9. The molecule has 0 saturated heterocycles. The summed E-state index contributed by atoms with van der Waals surface area (Å²) in [6, 6.07) is 7.36. The van der Waals surface area contributed by atoms with E-state index in [0.29, 0.717) is 24.5 Å². The van der Waals surface area contributed by atoms with Crippen molar-refractivity contribution < 1.29 is 19.7 Å². The molecule has 1 aromatic carbocycles. The molecule has 1 aromatic rings. The van der Waals surface area contributed by atoms with Gasteiger partial charge in [-0.25, -0.2) is 4.79 Å². The zero-order valence-corrected chi connectivity index (χ0v) is 10.0. The Labute approximate surface area is 105 Å². The first kappa shape index (κ1) is 12.6. The van der Waals surface area contributed by atoms with Gasteiger partial charge in [-0.05, 0) is 19.1 Å². The van der Waals surface area contributed by atoms with Crippen LogP contribution in [0, 0.1) is 11.3 Å². The van der Waals surface area contributed by atoms with Crippen molar-refractivity contribution in [1.82, 2.24) is 0 Å². The van der Waals surface area contributed by atoms with Crippen LogP contribution < -0.4 is 4.74 Å². The van der Waals surface area contributed by atoms with Crippen LogP contribution in [-0.4, -0.2) is 29.4 Å². The molecular formula is C13H15NO4. The van der Waals surface area contributed by atoms with Gasteiger partial charge in [-0.15, -0.1) is 0 Å². The Morgan fingerprint density at radius 3 is 3.00 bits per heavy atom. The number of fused-ring (bicyclic) bond motifs is 2. The zero-order chi connectivity index (χ0) is 12.0. The molecule has 1 aliphatic heterocycles. The van der Waals surface area contributed by atoms with Gasteiger partial charge in [0.2, 0.25) is 5.60 Å². The minimum Gasteiger partial charge on any atom is -0.474 e. The second-order valence-corrected chi connectivity index (χ2v) is 4.38. The van der Waals surface area contributed by atoms with Crippen molar-refractivity contribution in [3.05, 3.63) is 29.8 Å². The van der Waals surface area contributed by atoms with Crippen LogP contribution in [0.2, 0.25) is 0 Å². The summed E-state index contributed by atoms with van der Waals surface area (Å²) in [4.78, 5) is 11.9. The molecule has 0 aromatic heterocycles. The Morgan fingerprint density at radius 2 is 2.28 bits per heavy atom. The topological polar surface area (TPSA) is 90.9 Å². The monoisotopic (exact) mass is 249 g/mol. The molecule has 2 atom stereocenters. The molecule has 0 radical (unpaired) electrons. The number of benzene rings is 1. The van der Waals surface area contributed by atoms with Crippen LogP contribution in [0.4, 0.5) is 0 Å². The summed E-state index contributed by atoms with van der Waals surface area (Å²) < 4.78 is 10.8. The molecule has 3 rings (SSSR count). The average molecular weight is 249 g/mol. The Balaban J connectivity index is 0.00000120. The van der Waals surface area contributed by atoms with Gasteiger partial charge in [0, 0.05) is 12.0 Å². The molecule has 0 bridgehead atoms. The van der Waals surface area contributed by atoms with Gasteiger partial charge in [0.25, 0.3) is 0 Å². The molecule has 1 aliphatic carbocycles. The number of rotatable bonds is 2. The standard InChI is InChI=1S/C13H13NO3.H2O/c1-2-16-12(15)13-7-9(13)11(14)8-5-3-4-6-10(8)17-13;/h3-6,9,14H,2,7H2,1H3;1H2. The van der Waals surface area contributed by atoms with Gasteiger partial charge in [0.1, 0.15) is 5.75 Å². The van der Waals surface area contributed by atoms with Crippen LogP contribution in [0.1, 0.15) is 18.9 Å². The lowest BCUT2D eigenvalue weighted by Gasteiger charge is -2.24. The molecular weight excluding hydrogens is 234 g/mol. The Kier molecular flexibility index (Phi) is 2.86. The summed E-state index contributed by atoms with van der Waals surface area (Å²) in [6.45, 7) is 2.11. The molecule has 2 unspecified atom stereocenters. The summed E-state index contributed by atoms with van der Waals surface area (Å²) in [5.74, 6) is 0.125. The number of esters is 1. The molecule has 96 valence electrons. The van der Waals surface area contributed by atoms with E-state index in [1.165, 1.54) is 0 Å². The van der Waals surface area contributed by atoms with Crippen LogP contribution in [0.5, 0.6) is 5.75 Å². The summed E-state index contributed by atoms with van der Waals surface area (Å²) in [7, 11) is 0. The highest BCUT2D eigenvalue weighted by atomic mass is 16.6. The highest BCUT2D eigenvalue weighted by molar-refractivity contribution is 6.10. The largest absolute Gasteiger partial charge is 0.474 e. The highest BCUT2D eigenvalue weighted by Gasteiger charge is 2.68. The molecule has 0 amide bonds.